The van der Waals surface area contributed by atoms with Crippen molar-refractivity contribution in [1.82, 2.24) is 15.5 Å². The molecule has 1 aromatic rings. The lowest BCUT2D eigenvalue weighted by Crippen LogP contribution is -2.46. The summed E-state index contributed by atoms with van der Waals surface area (Å²) < 4.78 is 6.25. The van der Waals surface area contributed by atoms with Crippen molar-refractivity contribution in [2.24, 2.45) is 0 Å². The number of amides is 2. The Morgan fingerprint density at radius 1 is 1.32 bits per heavy atom. The number of benzene rings is 1. The molecule has 2 aliphatic heterocycles. The van der Waals surface area contributed by atoms with E-state index in [1.807, 2.05) is 18.2 Å². The molecule has 1 fully saturated rings. The molecule has 0 radical (unpaired) electrons. The van der Waals surface area contributed by atoms with Crippen LogP contribution < -0.4 is 15.4 Å². The van der Waals surface area contributed by atoms with Gasteiger partial charge in [0.25, 0.3) is 0 Å². The Bertz CT molecular complexity index is 664. The molecule has 2 amide bonds. The second-order valence-electron chi connectivity index (χ2n) is 7.88. The highest BCUT2D eigenvalue weighted by atomic mass is 16.5. The average Bonchev–Trinajstić information content (AvgIpc) is 3.00. The number of nitrogens with one attached hydrogen (secondary N) is 2. The van der Waals surface area contributed by atoms with Crippen LogP contribution in [0.2, 0.25) is 0 Å². The molecule has 0 saturated carbocycles. The van der Waals surface area contributed by atoms with Gasteiger partial charge in [-0.25, -0.2) is 0 Å². The highest BCUT2D eigenvalue weighted by molar-refractivity contribution is 5.87. The number of nitrogens with zero attached hydrogens (tertiary/aromatic N) is 1. The molecule has 6 heteroatoms. The zero-order valence-electron chi connectivity index (χ0n) is 16.9. The second-order valence-corrected chi connectivity index (χ2v) is 7.88. The first-order chi connectivity index (χ1) is 13.7. The molecule has 2 heterocycles. The number of para-hydroxylation sites is 1. The molecule has 154 valence electrons. The summed E-state index contributed by atoms with van der Waals surface area (Å²) in [7, 11) is 0. The smallest absolute Gasteiger partial charge is 0.242 e. The predicted molar refractivity (Wildman–Crippen MR) is 109 cm³/mol. The molecule has 1 unspecified atom stereocenters. The van der Waals surface area contributed by atoms with Crippen molar-refractivity contribution < 1.29 is 14.3 Å². The Balaban J connectivity index is 1.55. The van der Waals surface area contributed by atoms with E-state index in [1.54, 1.807) is 0 Å². The van der Waals surface area contributed by atoms with Gasteiger partial charge in [-0.05, 0) is 38.2 Å². The summed E-state index contributed by atoms with van der Waals surface area (Å²) in [4.78, 5) is 26.8. The largest absolute Gasteiger partial charge is 0.489 e. The van der Waals surface area contributed by atoms with E-state index in [1.165, 1.54) is 5.56 Å². The second kappa shape index (κ2) is 10.5. The van der Waals surface area contributed by atoms with Gasteiger partial charge in [-0.15, -0.1) is 0 Å². The molecule has 2 aliphatic rings. The van der Waals surface area contributed by atoms with E-state index in [-0.39, 0.29) is 24.0 Å². The third-order valence-electron chi connectivity index (χ3n) is 5.53. The SMILES string of the molecule is CCCCC1CN(CCC(=O)N[C@H]2CCCCNC2=O)Cc2ccccc2O1. The predicted octanol–water partition coefficient (Wildman–Crippen LogP) is 2.61. The number of rotatable bonds is 7. The van der Waals surface area contributed by atoms with Crippen LogP contribution in [0.25, 0.3) is 0 Å². The van der Waals surface area contributed by atoms with Gasteiger partial charge < -0.3 is 15.4 Å². The molecule has 0 aliphatic carbocycles. The highest BCUT2D eigenvalue weighted by Crippen LogP contribution is 2.26. The minimum atomic E-state index is -0.388. The van der Waals surface area contributed by atoms with Gasteiger partial charge in [0.05, 0.1) is 0 Å². The van der Waals surface area contributed by atoms with Crippen molar-refractivity contribution >= 4 is 11.8 Å². The van der Waals surface area contributed by atoms with Gasteiger partial charge in [-0.3, -0.25) is 14.5 Å². The first-order valence-corrected chi connectivity index (χ1v) is 10.7. The Morgan fingerprint density at radius 2 is 2.18 bits per heavy atom. The van der Waals surface area contributed by atoms with Crippen molar-refractivity contribution in [1.29, 1.82) is 0 Å². The number of ether oxygens (including phenoxy) is 1. The number of hydrogen-bond acceptors (Lipinski definition) is 4. The first kappa shape index (κ1) is 20.6. The fourth-order valence-corrected chi connectivity index (χ4v) is 3.92. The van der Waals surface area contributed by atoms with Gasteiger partial charge in [0, 0.05) is 38.2 Å². The molecular formula is C22H33N3O3. The zero-order chi connectivity index (χ0) is 19.8. The van der Waals surface area contributed by atoms with Crippen molar-refractivity contribution in [2.75, 3.05) is 19.6 Å². The molecule has 28 heavy (non-hydrogen) atoms. The lowest BCUT2D eigenvalue weighted by molar-refractivity contribution is -0.129. The molecule has 2 N–H and O–H groups in total. The quantitative estimate of drug-likeness (QED) is 0.755. The van der Waals surface area contributed by atoms with E-state index >= 15 is 0 Å². The van der Waals surface area contributed by atoms with Crippen molar-refractivity contribution in [3.63, 3.8) is 0 Å². The van der Waals surface area contributed by atoms with Crippen LogP contribution >= 0.6 is 0 Å². The number of carbonyl (C=O) groups is 2. The highest BCUT2D eigenvalue weighted by Gasteiger charge is 2.25. The van der Waals surface area contributed by atoms with Gasteiger partial charge in [0.15, 0.2) is 0 Å². The molecule has 0 spiro atoms. The summed E-state index contributed by atoms with van der Waals surface area (Å²) in [6.07, 6.45) is 6.52. The van der Waals surface area contributed by atoms with Crippen LogP contribution in [0.3, 0.4) is 0 Å². The molecule has 0 bridgehead atoms. The fourth-order valence-electron chi connectivity index (χ4n) is 3.92. The van der Waals surface area contributed by atoms with E-state index in [0.29, 0.717) is 19.5 Å². The Kier molecular flexibility index (Phi) is 7.71. The van der Waals surface area contributed by atoms with Gasteiger partial charge in [0.1, 0.15) is 17.9 Å². The van der Waals surface area contributed by atoms with E-state index in [2.05, 4.69) is 28.5 Å². The number of carbonyl (C=O) groups excluding carboxylic acids is 2. The van der Waals surface area contributed by atoms with Crippen LogP contribution in [0.1, 0.15) is 57.4 Å². The van der Waals surface area contributed by atoms with Crippen LogP contribution in [0, 0.1) is 0 Å². The normalized spacial score (nSPS) is 23.0. The molecule has 6 nitrogen and oxygen atoms in total. The first-order valence-electron chi connectivity index (χ1n) is 10.7. The summed E-state index contributed by atoms with van der Waals surface area (Å²) in [5.74, 6) is 0.860. The molecule has 3 rings (SSSR count). The standard InChI is InChI=1S/C22H33N3O3/c1-2-3-9-18-16-25(15-17-8-4-5-11-20(17)28-18)14-12-21(26)24-19-10-6-7-13-23-22(19)27/h4-5,8,11,18-19H,2-3,6-7,9-10,12-16H2,1H3,(H,23,27)(H,24,26)/t18?,19-/m0/s1. The third kappa shape index (κ3) is 5.96. The summed E-state index contributed by atoms with van der Waals surface area (Å²) in [6.45, 7) is 5.18. The van der Waals surface area contributed by atoms with Crippen LogP contribution in [0.4, 0.5) is 0 Å². The van der Waals surface area contributed by atoms with Crippen molar-refractivity contribution in [3.8, 4) is 5.75 Å². The van der Waals surface area contributed by atoms with Crippen LogP contribution in [0.5, 0.6) is 5.75 Å². The van der Waals surface area contributed by atoms with Gasteiger partial charge in [-0.2, -0.15) is 0 Å². The topological polar surface area (TPSA) is 70.7 Å². The fraction of sp³-hybridized carbons (Fsp3) is 0.636. The van der Waals surface area contributed by atoms with Crippen molar-refractivity contribution in [3.05, 3.63) is 29.8 Å². The molecule has 2 atom stereocenters. The van der Waals surface area contributed by atoms with Gasteiger partial charge in [0.2, 0.25) is 11.8 Å². The molecule has 0 aromatic heterocycles. The maximum Gasteiger partial charge on any atom is 0.242 e. The average molecular weight is 388 g/mol. The number of unbranched alkanes of at least 4 members (excludes halogenated alkanes) is 1. The minimum absolute atomic E-state index is 0.0504. The molecule has 1 saturated heterocycles. The lowest BCUT2D eigenvalue weighted by atomic mass is 10.1. The third-order valence-corrected chi connectivity index (χ3v) is 5.53. The summed E-state index contributed by atoms with van der Waals surface area (Å²) >= 11 is 0. The number of hydrogen-bond donors (Lipinski definition) is 2. The summed E-state index contributed by atoms with van der Waals surface area (Å²) in [5, 5.41) is 5.79. The maximum absolute atomic E-state index is 12.4. The number of fused-ring (bicyclic) bond motifs is 1. The van der Waals surface area contributed by atoms with Crippen molar-refractivity contribution in [2.45, 2.75) is 70.6 Å². The summed E-state index contributed by atoms with van der Waals surface area (Å²) in [5.41, 5.74) is 1.17. The van der Waals surface area contributed by atoms with Gasteiger partial charge in [-0.1, -0.05) is 31.5 Å². The van der Waals surface area contributed by atoms with E-state index in [9.17, 15) is 9.59 Å². The van der Waals surface area contributed by atoms with Crippen LogP contribution in [0.15, 0.2) is 24.3 Å². The van der Waals surface area contributed by atoms with Crippen LogP contribution in [-0.4, -0.2) is 48.5 Å². The summed E-state index contributed by atoms with van der Waals surface area (Å²) in [6, 6.07) is 7.79. The minimum Gasteiger partial charge on any atom is -0.489 e. The zero-order valence-corrected chi connectivity index (χ0v) is 16.9. The Morgan fingerprint density at radius 3 is 3.04 bits per heavy atom. The monoisotopic (exact) mass is 387 g/mol. The van der Waals surface area contributed by atoms with E-state index in [4.69, 9.17) is 4.74 Å². The Labute approximate surface area is 168 Å². The molecular weight excluding hydrogens is 354 g/mol. The lowest BCUT2D eigenvalue weighted by Gasteiger charge is -2.24. The Hall–Kier alpha value is -2.08. The van der Waals surface area contributed by atoms with E-state index < -0.39 is 0 Å². The van der Waals surface area contributed by atoms with Crippen LogP contribution in [-0.2, 0) is 16.1 Å². The maximum atomic E-state index is 12.4. The molecule has 1 aromatic carbocycles. The van der Waals surface area contributed by atoms with E-state index in [0.717, 1.165) is 57.4 Å². The van der Waals surface area contributed by atoms with Gasteiger partial charge >= 0.3 is 0 Å².